The van der Waals surface area contributed by atoms with Crippen LogP contribution in [0, 0.1) is 0 Å². The van der Waals surface area contributed by atoms with Gasteiger partial charge in [0.25, 0.3) is 5.56 Å². The van der Waals surface area contributed by atoms with Gasteiger partial charge in [-0.15, -0.1) is 5.10 Å². The molecular formula is C14H15BrN6O4. The molecule has 132 valence electrons. The number of H-pyrrole nitrogens is 2. The minimum Gasteiger partial charge on any atom is -0.496 e. The van der Waals surface area contributed by atoms with Crippen LogP contribution < -0.4 is 26.7 Å². The van der Waals surface area contributed by atoms with Crippen LogP contribution >= 0.6 is 15.9 Å². The first kappa shape index (κ1) is 18.4. The van der Waals surface area contributed by atoms with Gasteiger partial charge in [0, 0.05) is 23.0 Å². The van der Waals surface area contributed by atoms with Crippen LogP contribution in [0.4, 0.5) is 5.82 Å². The van der Waals surface area contributed by atoms with E-state index in [2.05, 4.69) is 42.0 Å². The molecule has 2 rings (SSSR count). The van der Waals surface area contributed by atoms with Crippen LogP contribution in [0.15, 0.2) is 37.4 Å². The molecule has 1 aromatic heterocycles. The predicted octanol–water partition coefficient (Wildman–Crippen LogP) is 0.182. The Kier molecular flexibility index (Phi) is 6.46. The summed E-state index contributed by atoms with van der Waals surface area (Å²) in [6.45, 7) is 0.143. The number of nitrogens with zero attached hydrogens (tertiary/aromatic N) is 2. The summed E-state index contributed by atoms with van der Waals surface area (Å²) in [5.41, 5.74) is 1.70. The number of hydrogen-bond acceptors (Lipinski definition) is 7. The van der Waals surface area contributed by atoms with Crippen molar-refractivity contribution in [1.29, 1.82) is 0 Å². The van der Waals surface area contributed by atoms with Gasteiger partial charge in [-0.1, -0.05) is 15.9 Å². The number of anilines is 1. The third kappa shape index (κ3) is 5.57. The van der Waals surface area contributed by atoms with Gasteiger partial charge < -0.3 is 10.1 Å². The maximum absolute atomic E-state index is 11.7. The van der Waals surface area contributed by atoms with Crippen molar-refractivity contribution < 1.29 is 9.53 Å². The van der Waals surface area contributed by atoms with E-state index in [4.69, 9.17) is 4.74 Å². The molecule has 0 atom stereocenters. The monoisotopic (exact) mass is 410 g/mol. The highest BCUT2D eigenvalue weighted by molar-refractivity contribution is 9.10. The van der Waals surface area contributed by atoms with Crippen molar-refractivity contribution in [1.82, 2.24) is 20.6 Å². The number of amides is 1. The molecule has 0 bridgehead atoms. The van der Waals surface area contributed by atoms with Gasteiger partial charge in [-0.05, 0) is 18.2 Å². The number of methoxy groups -OCH3 is 1. The average molecular weight is 411 g/mol. The first-order valence-corrected chi connectivity index (χ1v) is 7.87. The Bertz CT molecular complexity index is 891. The number of carbonyl (C=O) groups excluding carboxylic acids is 1. The Morgan fingerprint density at radius 2 is 2.24 bits per heavy atom. The summed E-state index contributed by atoms with van der Waals surface area (Å²) in [5.74, 6) is 0.180. The molecule has 0 aliphatic carbocycles. The number of hydrazone groups is 1. The van der Waals surface area contributed by atoms with Crippen molar-refractivity contribution >= 4 is 33.9 Å². The molecule has 1 heterocycles. The lowest BCUT2D eigenvalue weighted by Crippen LogP contribution is -2.28. The second-order valence-electron chi connectivity index (χ2n) is 4.71. The second-order valence-corrected chi connectivity index (χ2v) is 5.63. The number of ether oxygens (including phenoxy) is 1. The molecule has 0 saturated carbocycles. The fraction of sp³-hybridized carbons (Fsp3) is 0.214. The summed E-state index contributed by atoms with van der Waals surface area (Å²) in [7, 11) is 1.54. The second kappa shape index (κ2) is 8.78. The fourth-order valence-corrected chi connectivity index (χ4v) is 2.18. The molecule has 0 saturated heterocycles. The molecule has 0 radical (unpaired) electrons. The summed E-state index contributed by atoms with van der Waals surface area (Å²) in [6, 6.07) is 5.39. The Hall–Kier alpha value is -2.95. The number of rotatable bonds is 7. The van der Waals surface area contributed by atoms with E-state index in [1.54, 1.807) is 12.1 Å². The number of halogens is 1. The van der Waals surface area contributed by atoms with Gasteiger partial charge >= 0.3 is 5.69 Å². The van der Waals surface area contributed by atoms with Crippen LogP contribution in [0.1, 0.15) is 12.0 Å². The third-order valence-electron chi connectivity index (χ3n) is 2.94. The van der Waals surface area contributed by atoms with Gasteiger partial charge in [0.1, 0.15) is 5.75 Å². The molecule has 0 unspecified atom stereocenters. The highest BCUT2D eigenvalue weighted by Gasteiger charge is 2.04. The maximum atomic E-state index is 11.7. The van der Waals surface area contributed by atoms with Crippen LogP contribution in [-0.4, -0.2) is 41.0 Å². The van der Waals surface area contributed by atoms with E-state index in [0.29, 0.717) is 11.3 Å². The number of nitrogens with one attached hydrogen (secondary N) is 4. The zero-order valence-corrected chi connectivity index (χ0v) is 14.7. The van der Waals surface area contributed by atoms with Gasteiger partial charge in [0.05, 0.1) is 13.3 Å². The van der Waals surface area contributed by atoms with Crippen LogP contribution in [0.5, 0.6) is 5.75 Å². The number of carbonyl (C=O) groups is 1. The standard InChI is InChI=1S/C14H15BrN6O4/c1-25-10-3-2-9(15)6-8(10)7-17-19-11(22)4-5-16-12-13(23)18-14(24)21-20-12/h2-3,6-7H,4-5H2,1H3,(H,16,20)(H,19,22)(H2,18,21,23,24)/b17-7+. The van der Waals surface area contributed by atoms with Crippen LogP contribution in [0.25, 0.3) is 0 Å². The number of aromatic nitrogens is 3. The highest BCUT2D eigenvalue weighted by atomic mass is 79.9. The summed E-state index contributed by atoms with van der Waals surface area (Å²) in [5, 5.41) is 12.1. The largest absolute Gasteiger partial charge is 0.496 e. The lowest BCUT2D eigenvalue weighted by Gasteiger charge is -2.05. The van der Waals surface area contributed by atoms with E-state index >= 15 is 0 Å². The zero-order chi connectivity index (χ0) is 18.2. The first-order valence-electron chi connectivity index (χ1n) is 7.08. The summed E-state index contributed by atoms with van der Waals surface area (Å²) < 4.78 is 6.04. The van der Waals surface area contributed by atoms with E-state index in [1.165, 1.54) is 13.3 Å². The molecule has 0 fully saturated rings. The lowest BCUT2D eigenvalue weighted by atomic mass is 10.2. The van der Waals surface area contributed by atoms with Gasteiger partial charge in [0.2, 0.25) is 11.7 Å². The topological polar surface area (TPSA) is 141 Å². The Labute approximate surface area is 149 Å². The quantitative estimate of drug-likeness (QED) is 0.379. The molecule has 0 aliphatic heterocycles. The highest BCUT2D eigenvalue weighted by Crippen LogP contribution is 2.21. The summed E-state index contributed by atoms with van der Waals surface area (Å²) in [6.07, 6.45) is 1.51. The van der Waals surface area contributed by atoms with Gasteiger partial charge in [-0.3, -0.25) is 14.6 Å². The van der Waals surface area contributed by atoms with Crippen molar-refractivity contribution in [3.8, 4) is 5.75 Å². The van der Waals surface area contributed by atoms with E-state index in [9.17, 15) is 14.4 Å². The Morgan fingerprint density at radius 1 is 1.44 bits per heavy atom. The minimum atomic E-state index is -0.703. The molecule has 1 amide bonds. The van der Waals surface area contributed by atoms with Gasteiger partial charge in [-0.25, -0.2) is 15.3 Å². The van der Waals surface area contributed by atoms with E-state index in [0.717, 1.165) is 4.47 Å². The first-order chi connectivity index (χ1) is 12.0. The van der Waals surface area contributed by atoms with E-state index in [1.807, 2.05) is 11.1 Å². The summed E-state index contributed by atoms with van der Waals surface area (Å²) >= 11 is 3.34. The SMILES string of the molecule is COc1ccc(Br)cc1/C=N/NC(=O)CCNc1n[nH]c(=O)[nH]c1=O. The smallest absolute Gasteiger partial charge is 0.342 e. The van der Waals surface area contributed by atoms with Gasteiger partial charge in [0.15, 0.2) is 0 Å². The van der Waals surface area contributed by atoms with Gasteiger partial charge in [-0.2, -0.15) is 5.10 Å². The molecule has 4 N–H and O–H groups in total. The molecule has 11 heteroatoms. The number of aromatic amines is 2. The Morgan fingerprint density at radius 3 is 2.96 bits per heavy atom. The average Bonchev–Trinajstić information content (AvgIpc) is 2.57. The fourth-order valence-electron chi connectivity index (χ4n) is 1.80. The molecule has 0 aliphatic rings. The lowest BCUT2D eigenvalue weighted by molar-refractivity contribution is -0.120. The molecule has 0 spiro atoms. The summed E-state index contributed by atoms with van der Waals surface area (Å²) in [4.78, 5) is 36.0. The zero-order valence-electron chi connectivity index (χ0n) is 13.1. The third-order valence-corrected chi connectivity index (χ3v) is 3.43. The number of benzene rings is 1. The predicted molar refractivity (Wildman–Crippen MR) is 95.0 cm³/mol. The van der Waals surface area contributed by atoms with Crippen molar-refractivity contribution in [3.05, 3.63) is 49.1 Å². The van der Waals surface area contributed by atoms with Crippen LogP contribution in [0.2, 0.25) is 0 Å². The van der Waals surface area contributed by atoms with Crippen molar-refractivity contribution in [2.75, 3.05) is 19.0 Å². The Balaban J connectivity index is 1.83. The number of hydrogen-bond donors (Lipinski definition) is 4. The molecule has 2 aromatic rings. The molecule has 25 heavy (non-hydrogen) atoms. The molecule has 10 nitrogen and oxygen atoms in total. The van der Waals surface area contributed by atoms with E-state index < -0.39 is 11.2 Å². The normalized spacial score (nSPS) is 10.6. The van der Waals surface area contributed by atoms with E-state index in [-0.39, 0.29) is 24.7 Å². The van der Waals surface area contributed by atoms with Crippen molar-refractivity contribution in [2.24, 2.45) is 5.10 Å². The van der Waals surface area contributed by atoms with Crippen LogP contribution in [0.3, 0.4) is 0 Å². The minimum absolute atomic E-state index is 0.0488. The molecule has 1 aromatic carbocycles. The maximum Gasteiger partial charge on any atom is 0.342 e. The van der Waals surface area contributed by atoms with Crippen LogP contribution in [-0.2, 0) is 4.79 Å². The van der Waals surface area contributed by atoms with Crippen molar-refractivity contribution in [2.45, 2.75) is 6.42 Å². The molecular weight excluding hydrogens is 396 g/mol. The van der Waals surface area contributed by atoms with Crippen molar-refractivity contribution in [3.63, 3.8) is 0 Å².